The molecule has 3 N–H and O–H groups in total. The van der Waals surface area contributed by atoms with Gasteiger partial charge in [-0.1, -0.05) is 19.8 Å². The zero-order valence-corrected chi connectivity index (χ0v) is 14.4. The molecule has 0 bridgehead atoms. The predicted octanol–water partition coefficient (Wildman–Crippen LogP) is 2.91. The smallest absolute Gasteiger partial charge is 0.251 e. The molecule has 130 valence electrons. The highest BCUT2D eigenvalue weighted by Gasteiger charge is 2.23. The lowest BCUT2D eigenvalue weighted by atomic mass is 9.86. The number of amides is 3. The number of anilines is 2. The maximum atomic E-state index is 12.6. The molecule has 1 fully saturated rings. The lowest BCUT2D eigenvalue weighted by Gasteiger charge is -2.29. The molecule has 3 amide bonds. The molecule has 0 radical (unpaired) electrons. The van der Waals surface area contributed by atoms with Gasteiger partial charge in [0.25, 0.3) is 5.91 Å². The van der Waals surface area contributed by atoms with Crippen molar-refractivity contribution >= 4 is 29.1 Å². The van der Waals surface area contributed by atoms with Crippen LogP contribution in [0.5, 0.6) is 0 Å². The minimum Gasteiger partial charge on any atom is -0.349 e. The monoisotopic (exact) mass is 331 g/mol. The number of hydrogen-bond acceptors (Lipinski definition) is 3. The van der Waals surface area contributed by atoms with Crippen LogP contribution in [0.2, 0.25) is 0 Å². The molecule has 1 aliphatic carbocycles. The Morgan fingerprint density at radius 2 is 1.46 bits per heavy atom. The Balaban J connectivity index is 2.20. The summed E-state index contributed by atoms with van der Waals surface area (Å²) in [6.45, 7) is 4.95. The molecule has 1 aliphatic rings. The molecule has 1 saturated carbocycles. The minimum absolute atomic E-state index is 0.167. The van der Waals surface area contributed by atoms with Crippen LogP contribution in [0.25, 0.3) is 0 Å². The van der Waals surface area contributed by atoms with E-state index in [-0.39, 0.29) is 23.8 Å². The Morgan fingerprint density at radius 1 is 0.917 bits per heavy atom. The molecule has 0 heterocycles. The van der Waals surface area contributed by atoms with Crippen LogP contribution in [-0.4, -0.2) is 23.8 Å². The third-order valence-corrected chi connectivity index (χ3v) is 4.26. The standard InChI is InChI=1S/C18H25N3O3/c1-11-6-4-5-7-17(11)21-18(24)14-8-15(19-12(2)22)10-16(9-14)20-13(3)23/h8-11,17H,4-7H2,1-3H3,(H,19,22)(H,20,23)(H,21,24)/t11-,17-/m0/s1. The summed E-state index contributed by atoms with van der Waals surface area (Å²) in [5, 5.41) is 8.39. The summed E-state index contributed by atoms with van der Waals surface area (Å²) in [5.74, 6) is -0.201. The quantitative estimate of drug-likeness (QED) is 0.793. The van der Waals surface area contributed by atoms with E-state index in [2.05, 4.69) is 22.9 Å². The van der Waals surface area contributed by atoms with Gasteiger partial charge >= 0.3 is 0 Å². The fourth-order valence-electron chi connectivity index (χ4n) is 3.09. The van der Waals surface area contributed by atoms with Gasteiger partial charge in [-0.15, -0.1) is 0 Å². The van der Waals surface area contributed by atoms with Crippen LogP contribution < -0.4 is 16.0 Å². The molecular formula is C18H25N3O3. The van der Waals surface area contributed by atoms with Crippen LogP contribution in [0, 0.1) is 5.92 Å². The fraction of sp³-hybridized carbons (Fsp3) is 0.500. The van der Waals surface area contributed by atoms with Gasteiger partial charge in [-0.05, 0) is 37.0 Å². The van der Waals surface area contributed by atoms with Crippen LogP contribution >= 0.6 is 0 Å². The first-order valence-electron chi connectivity index (χ1n) is 8.36. The summed E-state index contributed by atoms with van der Waals surface area (Å²) in [6.07, 6.45) is 4.43. The third kappa shape index (κ3) is 5.08. The maximum Gasteiger partial charge on any atom is 0.251 e. The van der Waals surface area contributed by atoms with E-state index >= 15 is 0 Å². The summed E-state index contributed by atoms with van der Waals surface area (Å²) in [5.41, 5.74) is 1.38. The Hall–Kier alpha value is -2.37. The predicted molar refractivity (Wildman–Crippen MR) is 93.9 cm³/mol. The van der Waals surface area contributed by atoms with E-state index in [0.29, 0.717) is 22.9 Å². The Kier molecular flexibility index (Phi) is 5.95. The number of nitrogens with one attached hydrogen (secondary N) is 3. The van der Waals surface area contributed by atoms with E-state index in [9.17, 15) is 14.4 Å². The zero-order chi connectivity index (χ0) is 17.7. The van der Waals surface area contributed by atoms with E-state index in [1.807, 2.05) is 0 Å². The maximum absolute atomic E-state index is 12.6. The summed E-state index contributed by atoms with van der Waals surface area (Å²) in [7, 11) is 0. The van der Waals surface area contributed by atoms with Gasteiger partial charge in [-0.3, -0.25) is 14.4 Å². The molecule has 0 aromatic heterocycles. The van der Waals surface area contributed by atoms with Crippen molar-refractivity contribution in [2.24, 2.45) is 5.92 Å². The first-order valence-corrected chi connectivity index (χ1v) is 8.36. The third-order valence-electron chi connectivity index (χ3n) is 4.26. The summed E-state index contributed by atoms with van der Waals surface area (Å²) in [4.78, 5) is 35.2. The van der Waals surface area contributed by atoms with Crippen molar-refractivity contribution in [2.45, 2.75) is 52.5 Å². The van der Waals surface area contributed by atoms with E-state index in [1.165, 1.54) is 20.3 Å². The minimum atomic E-state index is -0.234. The first-order chi connectivity index (χ1) is 11.3. The van der Waals surface area contributed by atoms with Crippen LogP contribution in [0.3, 0.4) is 0 Å². The summed E-state index contributed by atoms with van der Waals surface area (Å²) < 4.78 is 0. The van der Waals surface area contributed by atoms with Gasteiger partial charge in [0.1, 0.15) is 0 Å². The molecule has 2 atom stereocenters. The summed E-state index contributed by atoms with van der Waals surface area (Å²) >= 11 is 0. The van der Waals surface area contributed by atoms with Crippen molar-refractivity contribution in [1.29, 1.82) is 0 Å². The van der Waals surface area contributed by atoms with Crippen molar-refractivity contribution in [3.05, 3.63) is 23.8 Å². The zero-order valence-electron chi connectivity index (χ0n) is 14.4. The number of carbonyl (C=O) groups is 3. The van der Waals surface area contributed by atoms with E-state index in [0.717, 1.165) is 19.3 Å². The number of hydrogen-bond donors (Lipinski definition) is 3. The SMILES string of the molecule is CC(=O)Nc1cc(NC(C)=O)cc(C(=O)N[C@H]2CCCC[C@@H]2C)c1. The van der Waals surface area contributed by atoms with Gasteiger partial charge in [-0.2, -0.15) is 0 Å². The van der Waals surface area contributed by atoms with Crippen molar-refractivity contribution in [3.63, 3.8) is 0 Å². The van der Waals surface area contributed by atoms with Crippen LogP contribution in [0.15, 0.2) is 18.2 Å². The molecule has 6 nitrogen and oxygen atoms in total. The molecule has 24 heavy (non-hydrogen) atoms. The molecule has 2 rings (SSSR count). The van der Waals surface area contributed by atoms with E-state index < -0.39 is 0 Å². The van der Waals surface area contributed by atoms with Crippen molar-refractivity contribution < 1.29 is 14.4 Å². The van der Waals surface area contributed by atoms with Crippen molar-refractivity contribution in [3.8, 4) is 0 Å². The lowest BCUT2D eigenvalue weighted by Crippen LogP contribution is -2.41. The second-order valence-corrected chi connectivity index (χ2v) is 6.50. The number of carbonyl (C=O) groups excluding carboxylic acids is 3. The largest absolute Gasteiger partial charge is 0.349 e. The Labute approximate surface area is 142 Å². The van der Waals surface area contributed by atoms with Gasteiger partial charge < -0.3 is 16.0 Å². The average Bonchev–Trinajstić information content (AvgIpc) is 2.48. The fourth-order valence-corrected chi connectivity index (χ4v) is 3.09. The van der Waals surface area contributed by atoms with Crippen molar-refractivity contribution in [1.82, 2.24) is 5.32 Å². The highest BCUT2D eigenvalue weighted by molar-refractivity contribution is 6.00. The highest BCUT2D eigenvalue weighted by Crippen LogP contribution is 2.25. The van der Waals surface area contributed by atoms with E-state index in [1.54, 1.807) is 18.2 Å². The van der Waals surface area contributed by atoms with Gasteiger partial charge in [0.15, 0.2) is 0 Å². The first kappa shape index (κ1) is 18.0. The van der Waals surface area contributed by atoms with Crippen LogP contribution in [0.1, 0.15) is 56.8 Å². The van der Waals surface area contributed by atoms with Crippen LogP contribution in [-0.2, 0) is 9.59 Å². The normalized spacial score (nSPS) is 20.1. The molecule has 0 unspecified atom stereocenters. The van der Waals surface area contributed by atoms with Gasteiger partial charge in [-0.25, -0.2) is 0 Å². The number of benzene rings is 1. The second kappa shape index (κ2) is 7.95. The van der Waals surface area contributed by atoms with E-state index in [4.69, 9.17) is 0 Å². The Morgan fingerprint density at radius 3 is 1.96 bits per heavy atom. The van der Waals surface area contributed by atoms with Gasteiger partial charge in [0.05, 0.1) is 0 Å². The van der Waals surface area contributed by atoms with Gasteiger partial charge in [0.2, 0.25) is 11.8 Å². The average molecular weight is 331 g/mol. The topological polar surface area (TPSA) is 87.3 Å². The molecule has 0 spiro atoms. The Bertz CT molecular complexity index is 608. The number of rotatable bonds is 4. The van der Waals surface area contributed by atoms with Crippen molar-refractivity contribution in [2.75, 3.05) is 10.6 Å². The van der Waals surface area contributed by atoms with Gasteiger partial charge in [0, 0.05) is 36.8 Å². The molecule has 1 aromatic carbocycles. The highest BCUT2D eigenvalue weighted by atomic mass is 16.2. The lowest BCUT2D eigenvalue weighted by molar-refractivity contribution is -0.115. The second-order valence-electron chi connectivity index (χ2n) is 6.50. The molecule has 0 aliphatic heterocycles. The molecule has 6 heteroatoms. The van der Waals surface area contributed by atoms with Crippen LogP contribution in [0.4, 0.5) is 11.4 Å². The molecule has 1 aromatic rings. The molecular weight excluding hydrogens is 306 g/mol. The molecule has 0 saturated heterocycles. The summed E-state index contributed by atoms with van der Waals surface area (Å²) in [6, 6.07) is 5.04.